The Morgan fingerprint density at radius 3 is 2.50 bits per heavy atom. The molecule has 0 amide bonds. The molecule has 1 unspecified atom stereocenters. The minimum absolute atomic E-state index is 0.0427. The molecule has 1 N–H and O–H groups in total. The Morgan fingerprint density at radius 2 is 2.00 bits per heavy atom. The second-order valence-electron chi connectivity index (χ2n) is 6.32. The molecule has 110 valence electrons. The van der Waals surface area contributed by atoms with Gasteiger partial charge in [0.05, 0.1) is 28.2 Å². The zero-order valence-corrected chi connectivity index (χ0v) is 12.1. The Morgan fingerprint density at radius 1 is 1.35 bits per heavy atom. The fourth-order valence-corrected chi connectivity index (χ4v) is 2.75. The maximum atomic E-state index is 13.4. The molecule has 1 aliphatic rings. The largest absolute Gasteiger partial charge is 0.379 e. The highest BCUT2D eigenvalue weighted by atomic mass is 19.1. The molecule has 1 aromatic carbocycles. The van der Waals surface area contributed by atoms with Crippen molar-refractivity contribution in [1.29, 1.82) is 0 Å². The van der Waals surface area contributed by atoms with Crippen molar-refractivity contribution >= 4 is 11.4 Å². The van der Waals surface area contributed by atoms with Crippen LogP contribution >= 0.6 is 0 Å². The van der Waals surface area contributed by atoms with Crippen molar-refractivity contribution < 1.29 is 14.1 Å². The number of nitro benzene ring substituents is 1. The van der Waals surface area contributed by atoms with E-state index in [1.54, 1.807) is 0 Å². The first kappa shape index (κ1) is 14.7. The topological polar surface area (TPSA) is 64.4 Å². The van der Waals surface area contributed by atoms with Crippen LogP contribution in [0.3, 0.4) is 0 Å². The van der Waals surface area contributed by atoms with Crippen LogP contribution in [0.5, 0.6) is 0 Å². The molecule has 0 saturated carbocycles. The van der Waals surface area contributed by atoms with E-state index in [1.165, 1.54) is 12.1 Å². The Balaban J connectivity index is 2.24. The number of halogens is 1. The summed E-state index contributed by atoms with van der Waals surface area (Å²) >= 11 is 0. The first-order valence-electron chi connectivity index (χ1n) is 6.51. The summed E-state index contributed by atoms with van der Waals surface area (Å²) in [5, 5.41) is 13.9. The zero-order valence-electron chi connectivity index (χ0n) is 12.1. The summed E-state index contributed by atoms with van der Waals surface area (Å²) in [6, 6.07) is 3.46. The van der Waals surface area contributed by atoms with Crippen molar-refractivity contribution in [2.24, 2.45) is 0 Å². The van der Waals surface area contributed by atoms with Gasteiger partial charge in [-0.15, -0.1) is 0 Å². The zero-order chi connectivity index (χ0) is 15.1. The summed E-state index contributed by atoms with van der Waals surface area (Å²) in [5.41, 5.74) is -0.565. The van der Waals surface area contributed by atoms with E-state index < -0.39 is 16.3 Å². The van der Waals surface area contributed by atoms with E-state index in [4.69, 9.17) is 4.74 Å². The van der Waals surface area contributed by atoms with Crippen LogP contribution < -0.4 is 5.32 Å². The van der Waals surface area contributed by atoms with E-state index in [2.05, 4.69) is 5.32 Å². The van der Waals surface area contributed by atoms with Gasteiger partial charge in [0.1, 0.15) is 5.82 Å². The first-order valence-corrected chi connectivity index (χ1v) is 6.51. The third kappa shape index (κ3) is 3.07. The molecular formula is C14H19FN2O3. The van der Waals surface area contributed by atoms with Crippen molar-refractivity contribution in [2.45, 2.75) is 51.4 Å². The predicted molar refractivity (Wildman–Crippen MR) is 74.3 cm³/mol. The second-order valence-corrected chi connectivity index (χ2v) is 6.32. The highest BCUT2D eigenvalue weighted by Gasteiger charge is 2.45. The number of hydrogen-bond acceptors (Lipinski definition) is 4. The molecule has 0 bridgehead atoms. The number of rotatable bonds is 3. The highest BCUT2D eigenvalue weighted by molar-refractivity contribution is 5.52. The molecule has 1 fully saturated rings. The average Bonchev–Trinajstić information content (AvgIpc) is 2.45. The number of non-ortho nitro benzene ring substituents is 1. The number of nitrogens with zero attached hydrogens (tertiary/aromatic N) is 1. The molecule has 6 heteroatoms. The van der Waals surface area contributed by atoms with Gasteiger partial charge in [0.25, 0.3) is 5.69 Å². The molecule has 1 aromatic rings. The van der Waals surface area contributed by atoms with Gasteiger partial charge in [0.15, 0.2) is 0 Å². The van der Waals surface area contributed by atoms with E-state index in [0.29, 0.717) is 5.69 Å². The fourth-order valence-electron chi connectivity index (χ4n) is 2.75. The summed E-state index contributed by atoms with van der Waals surface area (Å²) in [4.78, 5) is 10.2. The fraction of sp³-hybridized carbons (Fsp3) is 0.571. The molecule has 20 heavy (non-hydrogen) atoms. The summed E-state index contributed by atoms with van der Waals surface area (Å²) in [7, 11) is 0. The van der Waals surface area contributed by atoms with Gasteiger partial charge in [-0.1, -0.05) is 0 Å². The quantitative estimate of drug-likeness (QED) is 0.680. The molecule has 2 rings (SSSR count). The van der Waals surface area contributed by atoms with Crippen LogP contribution in [0.25, 0.3) is 0 Å². The minimum Gasteiger partial charge on any atom is -0.379 e. The lowest BCUT2D eigenvalue weighted by Crippen LogP contribution is -2.38. The molecule has 0 aliphatic carbocycles. The van der Waals surface area contributed by atoms with Crippen molar-refractivity contribution in [3.63, 3.8) is 0 Å². The van der Waals surface area contributed by atoms with Crippen LogP contribution in [0, 0.1) is 15.9 Å². The van der Waals surface area contributed by atoms with Crippen molar-refractivity contribution in [2.75, 3.05) is 5.32 Å². The Kier molecular flexibility index (Phi) is 3.46. The molecule has 1 aliphatic heterocycles. The predicted octanol–water partition coefficient (Wildman–Crippen LogP) is 3.49. The van der Waals surface area contributed by atoms with Gasteiger partial charge in [-0.05, 0) is 40.2 Å². The number of benzene rings is 1. The Labute approximate surface area is 117 Å². The average molecular weight is 282 g/mol. The van der Waals surface area contributed by atoms with Gasteiger partial charge >= 0.3 is 0 Å². The first-order chi connectivity index (χ1) is 9.09. The van der Waals surface area contributed by atoms with Gasteiger partial charge in [-0.2, -0.15) is 0 Å². The van der Waals surface area contributed by atoms with Crippen molar-refractivity contribution in [3.8, 4) is 0 Å². The smallest absolute Gasteiger partial charge is 0.274 e. The third-order valence-electron chi connectivity index (χ3n) is 3.51. The lowest BCUT2D eigenvalue weighted by Gasteiger charge is -2.28. The van der Waals surface area contributed by atoms with Crippen LogP contribution in [0.4, 0.5) is 15.8 Å². The van der Waals surface area contributed by atoms with Gasteiger partial charge < -0.3 is 10.1 Å². The van der Waals surface area contributed by atoms with E-state index in [0.717, 1.165) is 12.5 Å². The SMILES string of the molecule is CC1(C)CC(Nc2cc(F)cc([N+](=O)[O-])c2)C(C)(C)O1. The third-order valence-corrected chi connectivity index (χ3v) is 3.51. The molecule has 1 atom stereocenters. The van der Waals surface area contributed by atoms with Crippen LogP contribution in [-0.2, 0) is 4.74 Å². The van der Waals surface area contributed by atoms with Gasteiger partial charge in [0, 0.05) is 11.8 Å². The molecular weight excluding hydrogens is 263 g/mol. The van der Waals surface area contributed by atoms with Gasteiger partial charge in [-0.25, -0.2) is 4.39 Å². The Hall–Kier alpha value is -1.69. The van der Waals surface area contributed by atoms with Crippen LogP contribution in [0.1, 0.15) is 34.1 Å². The van der Waals surface area contributed by atoms with Gasteiger partial charge in [-0.3, -0.25) is 10.1 Å². The number of hydrogen-bond donors (Lipinski definition) is 1. The molecule has 1 heterocycles. The van der Waals surface area contributed by atoms with E-state index >= 15 is 0 Å². The maximum absolute atomic E-state index is 13.4. The monoisotopic (exact) mass is 282 g/mol. The van der Waals surface area contributed by atoms with Crippen LogP contribution in [0.15, 0.2) is 18.2 Å². The highest BCUT2D eigenvalue weighted by Crippen LogP contribution is 2.39. The lowest BCUT2D eigenvalue weighted by molar-refractivity contribution is -0.385. The number of anilines is 1. The standard InChI is InChI=1S/C14H19FN2O3/c1-13(2)8-12(14(3,4)20-13)16-10-5-9(15)6-11(7-10)17(18)19/h5-7,12,16H,8H2,1-4H3. The summed E-state index contributed by atoms with van der Waals surface area (Å²) in [6.45, 7) is 7.88. The molecule has 0 radical (unpaired) electrons. The summed E-state index contributed by atoms with van der Waals surface area (Å²) < 4.78 is 19.4. The molecule has 1 saturated heterocycles. The van der Waals surface area contributed by atoms with E-state index in [1.807, 2.05) is 27.7 Å². The summed E-state index contributed by atoms with van der Waals surface area (Å²) in [5.74, 6) is -0.627. The second kappa shape index (κ2) is 4.70. The Bertz CT molecular complexity index is 543. The molecule has 5 nitrogen and oxygen atoms in total. The van der Waals surface area contributed by atoms with Crippen molar-refractivity contribution in [3.05, 3.63) is 34.1 Å². The lowest BCUT2D eigenvalue weighted by atomic mass is 9.94. The minimum atomic E-state index is -0.627. The normalized spacial score (nSPS) is 23.6. The van der Waals surface area contributed by atoms with E-state index in [-0.39, 0.29) is 17.3 Å². The maximum Gasteiger partial charge on any atom is 0.274 e. The van der Waals surface area contributed by atoms with Crippen LogP contribution in [0.2, 0.25) is 0 Å². The number of ether oxygens (including phenoxy) is 1. The number of nitrogens with one attached hydrogen (secondary N) is 1. The van der Waals surface area contributed by atoms with E-state index in [9.17, 15) is 14.5 Å². The summed E-state index contributed by atoms with van der Waals surface area (Å²) in [6.07, 6.45) is 0.740. The van der Waals surface area contributed by atoms with Crippen LogP contribution in [-0.4, -0.2) is 22.2 Å². The van der Waals surface area contributed by atoms with Gasteiger partial charge in [0.2, 0.25) is 0 Å². The van der Waals surface area contributed by atoms with Crippen molar-refractivity contribution in [1.82, 2.24) is 0 Å². The molecule has 0 aromatic heterocycles. The number of nitro groups is 1. The molecule has 0 spiro atoms.